The third kappa shape index (κ3) is 4.45. The summed E-state index contributed by atoms with van der Waals surface area (Å²) in [5.74, 6) is 0. The first-order valence-electron chi connectivity index (χ1n) is 5.93. The molecule has 0 bridgehead atoms. The van der Waals surface area contributed by atoms with Gasteiger partial charge in [-0.05, 0) is 48.0 Å². The minimum atomic E-state index is -4.24. The van der Waals surface area contributed by atoms with Crippen LogP contribution in [-0.4, -0.2) is 10.5 Å². The molecule has 0 unspecified atom stereocenters. The van der Waals surface area contributed by atoms with E-state index in [1.165, 1.54) is 12.1 Å². The van der Waals surface area contributed by atoms with Gasteiger partial charge < -0.3 is 5.32 Å². The lowest BCUT2D eigenvalue weighted by molar-refractivity contribution is -0.0328. The zero-order valence-corrected chi connectivity index (χ0v) is 11.6. The summed E-state index contributed by atoms with van der Waals surface area (Å²) >= 11 is -0.104. The number of rotatable bonds is 4. The van der Waals surface area contributed by atoms with Gasteiger partial charge >= 0.3 is 5.51 Å². The van der Waals surface area contributed by atoms with E-state index in [1.807, 2.05) is 13.0 Å². The monoisotopic (exact) mass is 298 g/mol. The van der Waals surface area contributed by atoms with E-state index in [0.717, 1.165) is 16.8 Å². The van der Waals surface area contributed by atoms with Crippen LogP contribution >= 0.6 is 11.8 Å². The highest BCUT2D eigenvalue weighted by Crippen LogP contribution is 2.36. The predicted molar refractivity (Wildman–Crippen MR) is 74.7 cm³/mol. The second kappa shape index (κ2) is 6.17. The van der Waals surface area contributed by atoms with Crippen molar-refractivity contribution in [3.8, 4) is 0 Å². The first-order valence-corrected chi connectivity index (χ1v) is 6.75. The minimum Gasteiger partial charge on any atom is -0.380 e. The molecular weight excluding hydrogens is 285 g/mol. The van der Waals surface area contributed by atoms with E-state index in [2.05, 4.69) is 10.3 Å². The van der Waals surface area contributed by atoms with Gasteiger partial charge in [-0.15, -0.1) is 0 Å². The second-order valence-corrected chi connectivity index (χ2v) is 5.37. The Labute approximate surface area is 119 Å². The Morgan fingerprint density at radius 2 is 1.85 bits per heavy atom. The summed E-state index contributed by atoms with van der Waals surface area (Å²) < 4.78 is 36.6. The van der Waals surface area contributed by atoms with Crippen LogP contribution in [0.3, 0.4) is 0 Å². The van der Waals surface area contributed by atoms with Crippen molar-refractivity contribution in [2.75, 3.05) is 5.32 Å². The largest absolute Gasteiger partial charge is 0.446 e. The highest BCUT2D eigenvalue weighted by atomic mass is 32.2. The van der Waals surface area contributed by atoms with E-state index in [4.69, 9.17) is 0 Å². The topological polar surface area (TPSA) is 24.9 Å². The van der Waals surface area contributed by atoms with Gasteiger partial charge in [0.2, 0.25) is 0 Å². The standard InChI is InChI=1S/C14H13F3N2S/c1-10-6-7-18-9-13(10)19-8-11-2-4-12(5-3-11)20-14(15,16)17/h2-7,9,19H,8H2,1H3. The SMILES string of the molecule is Cc1ccncc1NCc1ccc(SC(F)(F)F)cc1. The zero-order valence-electron chi connectivity index (χ0n) is 10.7. The molecule has 1 aromatic carbocycles. The lowest BCUT2D eigenvalue weighted by atomic mass is 10.2. The summed E-state index contributed by atoms with van der Waals surface area (Å²) in [6.07, 6.45) is 3.44. The number of benzene rings is 1. The van der Waals surface area contributed by atoms with Crippen molar-refractivity contribution in [3.05, 3.63) is 53.9 Å². The number of hydrogen-bond acceptors (Lipinski definition) is 3. The molecule has 0 aliphatic heterocycles. The molecule has 0 saturated carbocycles. The average molecular weight is 298 g/mol. The number of nitrogens with zero attached hydrogens (tertiary/aromatic N) is 1. The Kier molecular flexibility index (Phi) is 4.54. The summed E-state index contributed by atoms with van der Waals surface area (Å²) in [6, 6.07) is 8.22. The molecule has 0 fully saturated rings. The van der Waals surface area contributed by atoms with Gasteiger partial charge in [-0.2, -0.15) is 13.2 Å². The smallest absolute Gasteiger partial charge is 0.380 e. The van der Waals surface area contributed by atoms with E-state index >= 15 is 0 Å². The molecule has 1 aromatic heterocycles. The molecule has 0 amide bonds. The van der Waals surface area contributed by atoms with Gasteiger partial charge in [0.1, 0.15) is 0 Å². The zero-order chi connectivity index (χ0) is 14.6. The van der Waals surface area contributed by atoms with Crippen molar-refractivity contribution < 1.29 is 13.2 Å². The lowest BCUT2D eigenvalue weighted by Gasteiger charge is -2.10. The summed E-state index contributed by atoms with van der Waals surface area (Å²) in [7, 11) is 0. The summed E-state index contributed by atoms with van der Waals surface area (Å²) in [5, 5.41) is 3.21. The van der Waals surface area contributed by atoms with Gasteiger partial charge in [-0.25, -0.2) is 0 Å². The van der Waals surface area contributed by atoms with Crippen LogP contribution in [0.2, 0.25) is 0 Å². The number of hydrogen-bond donors (Lipinski definition) is 1. The third-order valence-electron chi connectivity index (χ3n) is 2.68. The number of thioether (sulfide) groups is 1. The molecule has 0 atom stereocenters. The van der Waals surface area contributed by atoms with Gasteiger partial charge in [-0.3, -0.25) is 4.98 Å². The lowest BCUT2D eigenvalue weighted by Crippen LogP contribution is -2.02. The van der Waals surface area contributed by atoms with Crippen molar-refractivity contribution >= 4 is 17.4 Å². The van der Waals surface area contributed by atoms with Gasteiger partial charge in [-0.1, -0.05) is 12.1 Å². The van der Waals surface area contributed by atoms with Crippen molar-refractivity contribution in [2.24, 2.45) is 0 Å². The minimum absolute atomic E-state index is 0.104. The molecule has 2 rings (SSSR count). The number of anilines is 1. The van der Waals surface area contributed by atoms with Crippen LogP contribution in [0.15, 0.2) is 47.6 Å². The number of alkyl halides is 3. The summed E-state index contributed by atoms with van der Waals surface area (Å²) in [6.45, 7) is 2.51. The Morgan fingerprint density at radius 3 is 2.45 bits per heavy atom. The predicted octanol–water partition coefficient (Wildman–Crippen LogP) is 4.61. The van der Waals surface area contributed by atoms with Crippen molar-refractivity contribution in [3.63, 3.8) is 0 Å². The van der Waals surface area contributed by atoms with E-state index in [1.54, 1.807) is 24.5 Å². The molecule has 2 aromatic rings. The van der Waals surface area contributed by atoms with Gasteiger partial charge in [0, 0.05) is 17.6 Å². The molecule has 0 aliphatic carbocycles. The summed E-state index contributed by atoms with van der Waals surface area (Å²) in [4.78, 5) is 4.21. The van der Waals surface area contributed by atoms with Crippen LogP contribution < -0.4 is 5.32 Å². The number of nitrogens with one attached hydrogen (secondary N) is 1. The molecule has 1 heterocycles. The highest BCUT2D eigenvalue weighted by Gasteiger charge is 2.28. The number of aryl methyl sites for hydroxylation is 1. The van der Waals surface area contributed by atoms with E-state index < -0.39 is 5.51 Å². The fraction of sp³-hybridized carbons (Fsp3) is 0.214. The first-order chi connectivity index (χ1) is 9.44. The van der Waals surface area contributed by atoms with Crippen LogP contribution in [0.5, 0.6) is 0 Å². The molecule has 0 radical (unpaired) electrons. The summed E-state index contributed by atoms with van der Waals surface area (Å²) in [5.41, 5.74) is -1.34. The fourth-order valence-corrected chi connectivity index (χ4v) is 2.19. The average Bonchev–Trinajstić information content (AvgIpc) is 2.38. The van der Waals surface area contributed by atoms with E-state index in [0.29, 0.717) is 6.54 Å². The first kappa shape index (κ1) is 14.7. The maximum absolute atomic E-state index is 12.2. The van der Waals surface area contributed by atoms with Crippen molar-refractivity contribution in [2.45, 2.75) is 23.9 Å². The molecule has 6 heteroatoms. The molecule has 106 valence electrons. The van der Waals surface area contributed by atoms with Crippen molar-refractivity contribution in [1.29, 1.82) is 0 Å². The van der Waals surface area contributed by atoms with Gasteiger partial charge in [0.25, 0.3) is 0 Å². The van der Waals surface area contributed by atoms with Crippen molar-refractivity contribution in [1.82, 2.24) is 4.98 Å². The normalized spacial score (nSPS) is 11.4. The Balaban J connectivity index is 1.96. The maximum atomic E-state index is 12.2. The number of halogens is 3. The van der Waals surface area contributed by atoms with Crippen LogP contribution in [0.25, 0.3) is 0 Å². The molecule has 2 nitrogen and oxygen atoms in total. The van der Waals surface area contributed by atoms with Crippen LogP contribution in [0, 0.1) is 6.92 Å². The highest BCUT2D eigenvalue weighted by molar-refractivity contribution is 8.00. The molecule has 0 spiro atoms. The Bertz CT molecular complexity index is 567. The van der Waals surface area contributed by atoms with Crippen LogP contribution in [0.4, 0.5) is 18.9 Å². The fourth-order valence-electron chi connectivity index (χ4n) is 1.66. The van der Waals surface area contributed by atoms with Crippen LogP contribution in [-0.2, 0) is 6.54 Å². The Morgan fingerprint density at radius 1 is 1.15 bits per heavy atom. The second-order valence-electron chi connectivity index (χ2n) is 4.24. The molecule has 0 saturated heterocycles. The number of pyridine rings is 1. The number of aromatic nitrogens is 1. The van der Waals surface area contributed by atoms with E-state index in [9.17, 15) is 13.2 Å². The quantitative estimate of drug-likeness (QED) is 0.834. The third-order valence-corrected chi connectivity index (χ3v) is 3.42. The van der Waals surface area contributed by atoms with Gasteiger partial charge in [0.05, 0.1) is 11.9 Å². The molecule has 20 heavy (non-hydrogen) atoms. The molecular formula is C14H13F3N2S. The van der Waals surface area contributed by atoms with Crippen LogP contribution in [0.1, 0.15) is 11.1 Å². The Hall–Kier alpha value is -1.69. The van der Waals surface area contributed by atoms with Gasteiger partial charge in [0.15, 0.2) is 0 Å². The van der Waals surface area contributed by atoms with E-state index in [-0.39, 0.29) is 16.7 Å². The maximum Gasteiger partial charge on any atom is 0.446 e. The molecule has 1 N–H and O–H groups in total. The molecule has 0 aliphatic rings.